The maximum atomic E-state index is 13.6. The third-order valence-electron chi connectivity index (χ3n) is 6.36. The third-order valence-corrected chi connectivity index (χ3v) is 6.86. The summed E-state index contributed by atoms with van der Waals surface area (Å²) in [5.74, 6) is 0.302. The van der Waals surface area contributed by atoms with E-state index >= 15 is 0 Å². The molecule has 0 radical (unpaired) electrons. The lowest BCUT2D eigenvalue weighted by Crippen LogP contribution is -2.36. The molecule has 0 amide bonds. The number of benzene rings is 2. The highest BCUT2D eigenvalue weighted by atomic mass is 79.9. The lowest BCUT2D eigenvalue weighted by atomic mass is 9.72. The van der Waals surface area contributed by atoms with E-state index in [0.29, 0.717) is 30.6 Å². The van der Waals surface area contributed by atoms with Crippen LogP contribution in [0.5, 0.6) is 5.75 Å². The van der Waals surface area contributed by atoms with Gasteiger partial charge in [0, 0.05) is 33.8 Å². The van der Waals surface area contributed by atoms with Gasteiger partial charge in [0.1, 0.15) is 5.75 Å². The molecule has 1 heterocycles. The quantitative estimate of drug-likeness (QED) is 0.469. The molecule has 1 aliphatic heterocycles. The van der Waals surface area contributed by atoms with Crippen LogP contribution in [0.4, 0.5) is 0 Å². The molecular formula is C28H30BrNO4. The second kappa shape index (κ2) is 10.2. The molecule has 2 aromatic rings. The maximum Gasteiger partial charge on any atom is 0.336 e. The Labute approximate surface area is 209 Å². The van der Waals surface area contributed by atoms with E-state index in [2.05, 4.69) is 21.2 Å². The topological polar surface area (TPSA) is 64.6 Å². The number of methoxy groups -OCH3 is 1. The number of rotatable bonds is 6. The molecular weight excluding hydrogens is 494 g/mol. The van der Waals surface area contributed by atoms with Crippen molar-refractivity contribution in [3.8, 4) is 5.75 Å². The molecule has 4 rings (SSSR count). The largest absolute Gasteiger partial charge is 0.497 e. The summed E-state index contributed by atoms with van der Waals surface area (Å²) in [6.07, 6.45) is 1.09. The van der Waals surface area contributed by atoms with Crippen molar-refractivity contribution >= 4 is 27.7 Å². The lowest BCUT2D eigenvalue weighted by molar-refractivity contribution is -0.140. The molecule has 34 heavy (non-hydrogen) atoms. The zero-order valence-corrected chi connectivity index (χ0v) is 21.6. The van der Waals surface area contributed by atoms with Gasteiger partial charge >= 0.3 is 5.97 Å². The molecule has 1 N–H and O–H groups in total. The van der Waals surface area contributed by atoms with Gasteiger partial charge in [-0.05, 0) is 60.6 Å². The van der Waals surface area contributed by atoms with Crippen molar-refractivity contribution < 1.29 is 19.1 Å². The van der Waals surface area contributed by atoms with Crippen LogP contribution in [0.1, 0.15) is 56.6 Å². The number of carbonyl (C=O) groups excluding carboxylic acids is 2. The van der Waals surface area contributed by atoms with Crippen molar-refractivity contribution in [2.75, 3.05) is 13.7 Å². The summed E-state index contributed by atoms with van der Waals surface area (Å²) in [5, 5.41) is 3.41. The number of ketones is 1. The Hall–Kier alpha value is -2.86. The number of esters is 1. The number of halogens is 1. The van der Waals surface area contributed by atoms with Crippen molar-refractivity contribution in [2.45, 2.75) is 45.4 Å². The summed E-state index contributed by atoms with van der Waals surface area (Å²) in [6, 6.07) is 15.7. The Morgan fingerprint density at radius 3 is 2.50 bits per heavy atom. The Morgan fingerprint density at radius 2 is 1.85 bits per heavy atom. The van der Waals surface area contributed by atoms with Crippen LogP contribution in [0.2, 0.25) is 0 Å². The molecule has 0 saturated heterocycles. The average Bonchev–Trinajstić information content (AvgIpc) is 2.81. The van der Waals surface area contributed by atoms with Crippen molar-refractivity contribution in [3.05, 3.63) is 86.7 Å². The summed E-state index contributed by atoms with van der Waals surface area (Å²) in [4.78, 5) is 26.9. The molecule has 2 aliphatic rings. The van der Waals surface area contributed by atoms with Crippen molar-refractivity contribution in [2.24, 2.45) is 5.92 Å². The molecule has 2 atom stereocenters. The lowest BCUT2D eigenvalue weighted by Gasteiger charge is -2.36. The molecule has 0 aromatic heterocycles. The Balaban J connectivity index is 1.74. The first-order valence-corrected chi connectivity index (χ1v) is 12.4. The number of nitrogens with one attached hydrogen (secondary N) is 1. The van der Waals surface area contributed by atoms with E-state index in [-0.39, 0.29) is 23.6 Å². The van der Waals surface area contributed by atoms with Gasteiger partial charge in [0.15, 0.2) is 5.78 Å². The molecule has 0 saturated carbocycles. The van der Waals surface area contributed by atoms with Crippen LogP contribution in [-0.4, -0.2) is 25.5 Å². The first-order valence-electron chi connectivity index (χ1n) is 11.6. The summed E-state index contributed by atoms with van der Waals surface area (Å²) in [7, 11) is 1.64. The van der Waals surface area contributed by atoms with Gasteiger partial charge in [-0.25, -0.2) is 4.79 Å². The molecule has 1 aliphatic carbocycles. The number of hydrogen-bond acceptors (Lipinski definition) is 5. The van der Waals surface area contributed by atoms with Crippen LogP contribution >= 0.6 is 15.9 Å². The normalized spacial score (nSPS) is 20.2. The Morgan fingerprint density at radius 1 is 1.12 bits per heavy atom. The monoisotopic (exact) mass is 523 g/mol. The molecule has 2 aromatic carbocycles. The second-order valence-electron chi connectivity index (χ2n) is 9.34. The first kappa shape index (κ1) is 24.3. The number of carbonyl (C=O) groups is 2. The number of ether oxygens (including phenoxy) is 2. The number of Topliss-reactive ketones (excluding diaryl/α,β-unsaturated/α-hetero) is 1. The van der Waals surface area contributed by atoms with E-state index in [9.17, 15) is 9.59 Å². The van der Waals surface area contributed by atoms with Gasteiger partial charge < -0.3 is 14.8 Å². The van der Waals surface area contributed by atoms with E-state index in [1.165, 1.54) is 0 Å². The molecule has 0 spiro atoms. The van der Waals surface area contributed by atoms with Gasteiger partial charge in [0.25, 0.3) is 0 Å². The summed E-state index contributed by atoms with van der Waals surface area (Å²) >= 11 is 3.55. The van der Waals surface area contributed by atoms with Crippen LogP contribution in [0.3, 0.4) is 0 Å². The summed E-state index contributed by atoms with van der Waals surface area (Å²) < 4.78 is 11.8. The fourth-order valence-electron chi connectivity index (χ4n) is 4.76. The van der Waals surface area contributed by atoms with Gasteiger partial charge in [0.05, 0.1) is 19.3 Å². The van der Waals surface area contributed by atoms with Crippen molar-refractivity contribution in [3.63, 3.8) is 0 Å². The zero-order valence-electron chi connectivity index (χ0n) is 20.0. The molecule has 6 heteroatoms. The van der Waals surface area contributed by atoms with Crippen molar-refractivity contribution in [1.82, 2.24) is 5.32 Å². The minimum Gasteiger partial charge on any atom is -0.497 e. The van der Waals surface area contributed by atoms with E-state index < -0.39 is 5.92 Å². The minimum absolute atomic E-state index is 0.0567. The molecule has 0 bridgehead atoms. The van der Waals surface area contributed by atoms with Crippen LogP contribution in [0, 0.1) is 5.92 Å². The Kier molecular flexibility index (Phi) is 7.27. The average molecular weight is 524 g/mol. The fourth-order valence-corrected chi connectivity index (χ4v) is 5.18. The third kappa shape index (κ3) is 4.97. The fraction of sp³-hybridized carbons (Fsp3) is 0.357. The number of dihydropyridines is 1. The van der Waals surface area contributed by atoms with Crippen molar-refractivity contribution in [1.29, 1.82) is 0 Å². The van der Waals surface area contributed by atoms with E-state index in [0.717, 1.165) is 32.7 Å². The highest BCUT2D eigenvalue weighted by molar-refractivity contribution is 9.10. The van der Waals surface area contributed by atoms with E-state index in [1.807, 2.05) is 69.3 Å². The first-order chi connectivity index (χ1) is 16.3. The van der Waals surface area contributed by atoms with Crippen LogP contribution in [-0.2, 0) is 14.3 Å². The highest BCUT2D eigenvalue weighted by Crippen LogP contribution is 2.46. The highest BCUT2D eigenvalue weighted by Gasteiger charge is 2.41. The number of hydrogen-bond donors (Lipinski definition) is 1. The minimum atomic E-state index is -0.460. The molecule has 5 nitrogen and oxygen atoms in total. The smallest absolute Gasteiger partial charge is 0.336 e. The van der Waals surface area contributed by atoms with E-state index in [4.69, 9.17) is 9.47 Å². The van der Waals surface area contributed by atoms with E-state index in [1.54, 1.807) is 7.11 Å². The van der Waals surface area contributed by atoms with Gasteiger partial charge in [-0.1, -0.05) is 54.0 Å². The zero-order chi connectivity index (χ0) is 24.4. The van der Waals surface area contributed by atoms with Crippen LogP contribution < -0.4 is 10.1 Å². The Bertz CT molecular complexity index is 1160. The van der Waals surface area contributed by atoms with Gasteiger partial charge in [-0.15, -0.1) is 0 Å². The molecule has 0 unspecified atom stereocenters. The van der Waals surface area contributed by atoms with Crippen LogP contribution in [0.15, 0.2) is 75.5 Å². The summed E-state index contributed by atoms with van der Waals surface area (Å²) in [6.45, 7) is 6.23. The van der Waals surface area contributed by atoms with Gasteiger partial charge in [0.2, 0.25) is 0 Å². The van der Waals surface area contributed by atoms with Gasteiger partial charge in [-0.2, -0.15) is 0 Å². The number of allylic oxidation sites excluding steroid dienone is 3. The second-order valence-corrected chi connectivity index (χ2v) is 10.3. The SMILES string of the molecule is COc1ccc([C@H]2CC(=O)C3=C(C2)NC(C)=C(C(=O)OCC(C)C)[C@@H]3c2cccc(Br)c2)cc1. The maximum absolute atomic E-state index is 13.6. The molecule has 178 valence electrons. The predicted octanol–water partition coefficient (Wildman–Crippen LogP) is 6.02. The summed E-state index contributed by atoms with van der Waals surface area (Å²) in [5.41, 5.74) is 4.81. The standard InChI is InChI=1S/C28H30BrNO4/c1-16(2)15-34-28(32)25-17(3)30-23-13-20(18-8-10-22(33-4)11-9-18)14-24(31)27(23)26(25)19-6-5-7-21(29)12-19/h5-12,16,20,26,30H,13-15H2,1-4H3/t20-,26+/m1/s1. The molecule has 0 fully saturated rings. The predicted molar refractivity (Wildman–Crippen MR) is 136 cm³/mol. The van der Waals surface area contributed by atoms with Crippen LogP contribution in [0.25, 0.3) is 0 Å². The van der Waals surface area contributed by atoms with Gasteiger partial charge in [-0.3, -0.25) is 4.79 Å².